The maximum absolute atomic E-state index is 12.2. The van der Waals surface area contributed by atoms with Gasteiger partial charge in [0.1, 0.15) is 18.1 Å². The lowest BCUT2D eigenvalue weighted by Crippen LogP contribution is -2.27. The van der Waals surface area contributed by atoms with Crippen LogP contribution in [0.15, 0.2) is 42.7 Å². The SMILES string of the molecule is CCC1COc2cc(OCc3ccncc3)ccc2C1=O. The molecule has 2 aromatic rings. The minimum Gasteiger partial charge on any atom is -0.492 e. The molecule has 0 N–H and O–H groups in total. The van der Waals surface area contributed by atoms with E-state index in [0.29, 0.717) is 30.3 Å². The molecule has 2 heterocycles. The number of carbonyl (C=O) groups excluding carboxylic acids is 1. The number of fused-ring (bicyclic) bond motifs is 1. The number of hydrogen-bond donors (Lipinski definition) is 0. The lowest BCUT2D eigenvalue weighted by molar-refractivity contribution is 0.0826. The molecule has 108 valence electrons. The van der Waals surface area contributed by atoms with E-state index in [2.05, 4.69) is 4.98 Å². The number of ether oxygens (including phenoxy) is 2. The molecular formula is C17H17NO3. The van der Waals surface area contributed by atoms with E-state index in [1.807, 2.05) is 25.1 Å². The van der Waals surface area contributed by atoms with Gasteiger partial charge in [-0.2, -0.15) is 0 Å². The molecule has 0 spiro atoms. The van der Waals surface area contributed by atoms with Crippen molar-refractivity contribution in [2.24, 2.45) is 5.92 Å². The minimum atomic E-state index is -0.0268. The normalized spacial score (nSPS) is 17.0. The van der Waals surface area contributed by atoms with Crippen molar-refractivity contribution in [1.82, 2.24) is 4.98 Å². The number of carbonyl (C=O) groups is 1. The van der Waals surface area contributed by atoms with Crippen LogP contribution in [0.5, 0.6) is 11.5 Å². The van der Waals surface area contributed by atoms with Crippen molar-refractivity contribution in [1.29, 1.82) is 0 Å². The van der Waals surface area contributed by atoms with Gasteiger partial charge in [-0.15, -0.1) is 0 Å². The van der Waals surface area contributed by atoms with Gasteiger partial charge in [-0.3, -0.25) is 9.78 Å². The fourth-order valence-electron chi connectivity index (χ4n) is 2.35. The zero-order valence-electron chi connectivity index (χ0n) is 11.9. The van der Waals surface area contributed by atoms with E-state index < -0.39 is 0 Å². The fourth-order valence-corrected chi connectivity index (χ4v) is 2.35. The van der Waals surface area contributed by atoms with Crippen LogP contribution in [0.1, 0.15) is 29.3 Å². The van der Waals surface area contributed by atoms with Gasteiger partial charge in [0.15, 0.2) is 5.78 Å². The summed E-state index contributed by atoms with van der Waals surface area (Å²) in [4.78, 5) is 16.2. The van der Waals surface area contributed by atoms with Crippen molar-refractivity contribution in [3.05, 3.63) is 53.9 Å². The number of nitrogens with zero attached hydrogens (tertiary/aromatic N) is 1. The van der Waals surface area contributed by atoms with E-state index in [9.17, 15) is 4.79 Å². The van der Waals surface area contributed by atoms with Gasteiger partial charge < -0.3 is 9.47 Å². The number of rotatable bonds is 4. The van der Waals surface area contributed by atoms with Gasteiger partial charge in [0.25, 0.3) is 0 Å². The number of aromatic nitrogens is 1. The highest BCUT2D eigenvalue weighted by Crippen LogP contribution is 2.32. The quantitative estimate of drug-likeness (QED) is 0.864. The Morgan fingerprint density at radius 3 is 2.86 bits per heavy atom. The Labute approximate surface area is 123 Å². The highest BCUT2D eigenvalue weighted by atomic mass is 16.5. The number of benzene rings is 1. The average Bonchev–Trinajstić information content (AvgIpc) is 2.54. The molecular weight excluding hydrogens is 266 g/mol. The Hall–Kier alpha value is -2.36. The summed E-state index contributed by atoms with van der Waals surface area (Å²) in [6.45, 7) is 2.92. The van der Waals surface area contributed by atoms with Gasteiger partial charge in [-0.05, 0) is 36.2 Å². The summed E-state index contributed by atoms with van der Waals surface area (Å²) in [5.41, 5.74) is 1.70. The molecule has 4 heteroatoms. The Balaban J connectivity index is 1.73. The first kappa shape index (κ1) is 13.6. The Bertz CT molecular complexity index is 640. The summed E-state index contributed by atoms with van der Waals surface area (Å²) in [6.07, 6.45) is 4.27. The summed E-state index contributed by atoms with van der Waals surface area (Å²) in [5.74, 6) is 1.46. The molecule has 4 nitrogen and oxygen atoms in total. The maximum atomic E-state index is 12.2. The molecule has 0 radical (unpaired) electrons. The van der Waals surface area contributed by atoms with E-state index >= 15 is 0 Å². The van der Waals surface area contributed by atoms with Gasteiger partial charge in [0.05, 0.1) is 18.1 Å². The van der Waals surface area contributed by atoms with E-state index in [-0.39, 0.29) is 11.7 Å². The van der Waals surface area contributed by atoms with Crippen molar-refractivity contribution in [2.45, 2.75) is 20.0 Å². The smallest absolute Gasteiger partial charge is 0.173 e. The summed E-state index contributed by atoms with van der Waals surface area (Å²) in [7, 11) is 0. The molecule has 0 fully saturated rings. The average molecular weight is 283 g/mol. The topological polar surface area (TPSA) is 48.4 Å². The van der Waals surface area contributed by atoms with Gasteiger partial charge in [0.2, 0.25) is 0 Å². The van der Waals surface area contributed by atoms with Crippen molar-refractivity contribution in [2.75, 3.05) is 6.61 Å². The molecule has 1 aliphatic rings. The van der Waals surface area contributed by atoms with Crippen LogP contribution in [0.2, 0.25) is 0 Å². The molecule has 0 saturated heterocycles. The highest BCUT2D eigenvalue weighted by Gasteiger charge is 2.27. The number of hydrogen-bond acceptors (Lipinski definition) is 4. The van der Waals surface area contributed by atoms with Crippen LogP contribution in [-0.2, 0) is 6.61 Å². The zero-order valence-corrected chi connectivity index (χ0v) is 11.9. The van der Waals surface area contributed by atoms with Crippen LogP contribution in [0.3, 0.4) is 0 Å². The molecule has 1 aromatic heterocycles. The summed E-state index contributed by atoms with van der Waals surface area (Å²) in [6, 6.07) is 9.22. The number of pyridine rings is 1. The van der Waals surface area contributed by atoms with Crippen molar-refractivity contribution in [3.63, 3.8) is 0 Å². The predicted molar refractivity (Wildman–Crippen MR) is 78.6 cm³/mol. The fraction of sp³-hybridized carbons (Fsp3) is 0.294. The predicted octanol–water partition coefficient (Wildman–Crippen LogP) is 3.26. The van der Waals surface area contributed by atoms with E-state index in [0.717, 1.165) is 12.0 Å². The third-order valence-corrected chi connectivity index (χ3v) is 3.68. The van der Waals surface area contributed by atoms with Crippen LogP contribution >= 0.6 is 0 Å². The highest BCUT2D eigenvalue weighted by molar-refractivity contribution is 6.01. The summed E-state index contributed by atoms with van der Waals surface area (Å²) >= 11 is 0. The van der Waals surface area contributed by atoms with E-state index in [4.69, 9.17) is 9.47 Å². The third kappa shape index (κ3) is 2.89. The zero-order chi connectivity index (χ0) is 14.7. The molecule has 0 aliphatic carbocycles. The van der Waals surface area contributed by atoms with E-state index in [1.54, 1.807) is 24.5 Å². The molecule has 0 bridgehead atoms. The van der Waals surface area contributed by atoms with Gasteiger partial charge in [-0.1, -0.05) is 6.92 Å². The number of Topliss-reactive ketones (excluding diaryl/α,β-unsaturated/α-hetero) is 1. The first-order valence-electron chi connectivity index (χ1n) is 7.10. The minimum absolute atomic E-state index is 0.0268. The van der Waals surface area contributed by atoms with Crippen LogP contribution in [0.25, 0.3) is 0 Å². The first-order chi connectivity index (χ1) is 10.3. The molecule has 3 rings (SSSR count). The lowest BCUT2D eigenvalue weighted by atomic mass is 9.93. The maximum Gasteiger partial charge on any atom is 0.173 e. The molecule has 1 aromatic carbocycles. The monoisotopic (exact) mass is 283 g/mol. The Kier molecular flexibility index (Phi) is 3.86. The molecule has 0 saturated carbocycles. The summed E-state index contributed by atoms with van der Waals surface area (Å²) in [5, 5.41) is 0. The number of ketones is 1. The van der Waals surface area contributed by atoms with Gasteiger partial charge in [-0.25, -0.2) is 0 Å². The molecule has 1 unspecified atom stereocenters. The molecule has 21 heavy (non-hydrogen) atoms. The standard InChI is InChI=1S/C17H17NO3/c1-2-13-11-21-16-9-14(3-4-15(16)17(13)19)20-10-12-5-7-18-8-6-12/h3-9,13H,2,10-11H2,1H3. The summed E-state index contributed by atoms with van der Waals surface area (Å²) < 4.78 is 11.4. The largest absolute Gasteiger partial charge is 0.492 e. The van der Waals surface area contributed by atoms with Gasteiger partial charge in [0, 0.05) is 18.5 Å². The van der Waals surface area contributed by atoms with Crippen LogP contribution in [0, 0.1) is 5.92 Å². The van der Waals surface area contributed by atoms with Crippen molar-refractivity contribution >= 4 is 5.78 Å². The second kappa shape index (κ2) is 5.95. The third-order valence-electron chi connectivity index (χ3n) is 3.68. The van der Waals surface area contributed by atoms with Crippen LogP contribution < -0.4 is 9.47 Å². The molecule has 1 atom stereocenters. The van der Waals surface area contributed by atoms with E-state index in [1.165, 1.54) is 0 Å². The lowest BCUT2D eigenvalue weighted by Gasteiger charge is -2.23. The molecule has 1 aliphatic heterocycles. The van der Waals surface area contributed by atoms with Crippen molar-refractivity contribution < 1.29 is 14.3 Å². The Morgan fingerprint density at radius 1 is 1.29 bits per heavy atom. The Morgan fingerprint density at radius 2 is 2.10 bits per heavy atom. The van der Waals surface area contributed by atoms with Gasteiger partial charge >= 0.3 is 0 Å². The van der Waals surface area contributed by atoms with Crippen LogP contribution in [0.4, 0.5) is 0 Å². The van der Waals surface area contributed by atoms with Crippen molar-refractivity contribution in [3.8, 4) is 11.5 Å². The van der Waals surface area contributed by atoms with Crippen LogP contribution in [-0.4, -0.2) is 17.4 Å². The second-order valence-corrected chi connectivity index (χ2v) is 5.08. The first-order valence-corrected chi connectivity index (χ1v) is 7.10. The molecule has 0 amide bonds. The second-order valence-electron chi connectivity index (χ2n) is 5.08.